The van der Waals surface area contributed by atoms with Crippen LogP contribution in [0.2, 0.25) is 5.02 Å². The first-order valence-corrected chi connectivity index (χ1v) is 7.96. The van der Waals surface area contributed by atoms with Crippen LogP contribution in [0.25, 0.3) is 0 Å². The molecule has 0 fully saturated rings. The largest absolute Gasteiger partial charge is 0.491 e. The number of carbonyl (C=O) groups excluding carboxylic acids is 1. The Hall–Kier alpha value is -2.11. The van der Waals surface area contributed by atoms with Crippen LogP contribution in [0.4, 0.5) is 10.1 Å². The summed E-state index contributed by atoms with van der Waals surface area (Å²) in [5.74, 6) is -0.0695. The summed E-state index contributed by atoms with van der Waals surface area (Å²) in [6.07, 6.45) is 0.266. The van der Waals surface area contributed by atoms with Gasteiger partial charge in [-0.2, -0.15) is 0 Å². The Morgan fingerprint density at radius 3 is 2.75 bits per heavy atom. The zero-order chi connectivity index (χ0) is 17.1. The highest BCUT2D eigenvalue weighted by molar-refractivity contribution is 6.31. The topological polar surface area (TPSA) is 47.6 Å². The lowest BCUT2D eigenvalue weighted by molar-refractivity contribution is -0.116. The number of hydrogen-bond acceptors (Lipinski definition) is 3. The number of halogens is 2. The van der Waals surface area contributed by atoms with Gasteiger partial charge in [0.2, 0.25) is 5.91 Å². The van der Waals surface area contributed by atoms with E-state index in [9.17, 15) is 9.18 Å². The zero-order valence-electron chi connectivity index (χ0n) is 13.1. The lowest BCUT2D eigenvalue weighted by atomic mass is 9.84. The minimum atomic E-state index is -0.397. The van der Waals surface area contributed by atoms with E-state index < -0.39 is 5.82 Å². The van der Waals surface area contributed by atoms with Gasteiger partial charge in [-0.3, -0.25) is 4.79 Å². The molecule has 0 aromatic heterocycles. The molecule has 3 rings (SSSR count). The smallest absolute Gasteiger partial charge is 0.225 e. The highest BCUT2D eigenvalue weighted by Gasteiger charge is 2.28. The maximum absolute atomic E-state index is 13.3. The van der Waals surface area contributed by atoms with Crippen molar-refractivity contribution in [1.82, 2.24) is 0 Å². The van der Waals surface area contributed by atoms with Crippen molar-refractivity contribution in [2.45, 2.75) is 12.3 Å². The first-order chi connectivity index (χ1) is 11.6. The molecule has 0 spiro atoms. The van der Waals surface area contributed by atoms with Crippen LogP contribution in [0.1, 0.15) is 23.5 Å². The van der Waals surface area contributed by atoms with Crippen LogP contribution in [0.15, 0.2) is 36.4 Å². The van der Waals surface area contributed by atoms with Gasteiger partial charge in [0.15, 0.2) is 0 Å². The number of amides is 1. The first-order valence-electron chi connectivity index (χ1n) is 7.59. The second kappa shape index (κ2) is 7.20. The molecular weight excluding hydrogens is 333 g/mol. The molecule has 0 saturated heterocycles. The Morgan fingerprint density at radius 2 is 2.00 bits per heavy atom. The van der Waals surface area contributed by atoms with Gasteiger partial charge in [-0.15, -0.1) is 0 Å². The summed E-state index contributed by atoms with van der Waals surface area (Å²) >= 11 is 6.18. The van der Waals surface area contributed by atoms with Crippen molar-refractivity contribution in [3.63, 3.8) is 0 Å². The molecule has 1 heterocycles. The third kappa shape index (κ3) is 3.52. The molecule has 4 nitrogen and oxygen atoms in total. The van der Waals surface area contributed by atoms with Crippen molar-refractivity contribution in [3.8, 4) is 5.75 Å². The van der Waals surface area contributed by atoms with Gasteiger partial charge in [0.1, 0.15) is 18.2 Å². The summed E-state index contributed by atoms with van der Waals surface area (Å²) in [5.41, 5.74) is 2.36. The van der Waals surface area contributed by atoms with Gasteiger partial charge in [0.25, 0.3) is 0 Å². The van der Waals surface area contributed by atoms with Crippen LogP contribution in [0, 0.1) is 5.82 Å². The summed E-state index contributed by atoms with van der Waals surface area (Å²) in [4.78, 5) is 12.1. The van der Waals surface area contributed by atoms with Crippen molar-refractivity contribution in [1.29, 1.82) is 0 Å². The van der Waals surface area contributed by atoms with Crippen LogP contribution in [0.3, 0.4) is 0 Å². The standard InChI is InChI=1S/C18H17ClFNO3/c1-23-6-7-24-12-3-5-14-15(10-18(22)21-17(14)9-12)13-4-2-11(20)8-16(13)19/h2-5,8-9,15H,6-7,10H2,1H3,(H,21,22). The van der Waals surface area contributed by atoms with Crippen molar-refractivity contribution >= 4 is 23.2 Å². The summed E-state index contributed by atoms with van der Waals surface area (Å²) in [5, 5.41) is 3.17. The predicted molar refractivity (Wildman–Crippen MR) is 90.3 cm³/mol. The first kappa shape index (κ1) is 16.7. The molecule has 0 aliphatic carbocycles. The number of fused-ring (bicyclic) bond motifs is 1. The summed E-state index contributed by atoms with van der Waals surface area (Å²) in [6.45, 7) is 0.910. The van der Waals surface area contributed by atoms with Crippen molar-refractivity contribution in [3.05, 3.63) is 58.4 Å². The average molecular weight is 350 g/mol. The molecule has 0 saturated carbocycles. The normalized spacial score (nSPS) is 16.5. The van der Waals surface area contributed by atoms with Crippen LogP contribution < -0.4 is 10.1 Å². The summed E-state index contributed by atoms with van der Waals surface area (Å²) in [7, 11) is 1.60. The summed E-state index contributed by atoms with van der Waals surface area (Å²) < 4.78 is 23.8. The molecule has 0 radical (unpaired) electrons. The molecule has 1 atom stereocenters. The Kier molecular flexibility index (Phi) is 5.02. The lowest BCUT2D eigenvalue weighted by Gasteiger charge is -2.27. The maximum atomic E-state index is 13.3. The second-order valence-electron chi connectivity index (χ2n) is 5.56. The third-order valence-corrected chi connectivity index (χ3v) is 4.29. The minimum absolute atomic E-state index is 0.109. The lowest BCUT2D eigenvalue weighted by Crippen LogP contribution is -2.23. The fraction of sp³-hybridized carbons (Fsp3) is 0.278. The minimum Gasteiger partial charge on any atom is -0.491 e. The van der Waals surface area contributed by atoms with E-state index in [4.69, 9.17) is 21.1 Å². The summed E-state index contributed by atoms with van der Waals surface area (Å²) in [6, 6.07) is 9.79. The molecule has 2 aromatic carbocycles. The molecule has 24 heavy (non-hydrogen) atoms. The predicted octanol–water partition coefficient (Wildman–Crippen LogP) is 3.98. The molecule has 1 unspecified atom stereocenters. The maximum Gasteiger partial charge on any atom is 0.225 e. The van der Waals surface area contributed by atoms with Gasteiger partial charge in [-0.25, -0.2) is 4.39 Å². The molecule has 2 aromatic rings. The van der Waals surface area contributed by atoms with E-state index in [1.165, 1.54) is 12.1 Å². The van der Waals surface area contributed by atoms with Gasteiger partial charge < -0.3 is 14.8 Å². The van der Waals surface area contributed by atoms with Gasteiger partial charge >= 0.3 is 0 Å². The van der Waals surface area contributed by atoms with Crippen molar-refractivity contribution in [2.75, 3.05) is 25.6 Å². The van der Waals surface area contributed by atoms with Gasteiger partial charge in [-0.05, 0) is 29.3 Å². The number of methoxy groups -OCH3 is 1. The fourth-order valence-corrected chi connectivity index (χ4v) is 3.14. The second-order valence-corrected chi connectivity index (χ2v) is 5.97. The number of rotatable bonds is 5. The number of benzene rings is 2. The average Bonchev–Trinajstić information content (AvgIpc) is 2.54. The molecule has 0 bridgehead atoms. The third-order valence-electron chi connectivity index (χ3n) is 3.96. The Bertz CT molecular complexity index is 766. The van der Waals surface area contributed by atoms with Gasteiger partial charge in [0, 0.05) is 36.2 Å². The monoisotopic (exact) mass is 349 g/mol. The molecular formula is C18H17ClFNO3. The highest BCUT2D eigenvalue weighted by Crippen LogP contribution is 2.41. The molecule has 1 aliphatic heterocycles. The Labute approximate surface area is 144 Å². The molecule has 1 amide bonds. The highest BCUT2D eigenvalue weighted by atomic mass is 35.5. The van der Waals surface area contributed by atoms with Gasteiger partial charge in [0.05, 0.1) is 6.61 Å². The van der Waals surface area contributed by atoms with Crippen LogP contribution in [-0.4, -0.2) is 26.2 Å². The Morgan fingerprint density at radius 1 is 1.21 bits per heavy atom. The zero-order valence-corrected chi connectivity index (χ0v) is 13.9. The van der Waals surface area contributed by atoms with Crippen molar-refractivity contribution in [2.24, 2.45) is 0 Å². The van der Waals surface area contributed by atoms with Crippen molar-refractivity contribution < 1.29 is 18.7 Å². The van der Waals surface area contributed by atoms with E-state index in [1.807, 2.05) is 12.1 Å². The van der Waals surface area contributed by atoms with E-state index in [0.29, 0.717) is 29.7 Å². The molecule has 126 valence electrons. The van der Waals surface area contributed by atoms with Crippen LogP contribution in [0.5, 0.6) is 5.75 Å². The van der Waals surface area contributed by atoms with Gasteiger partial charge in [-0.1, -0.05) is 23.7 Å². The van der Waals surface area contributed by atoms with E-state index >= 15 is 0 Å². The SMILES string of the molecule is COCCOc1ccc2c(c1)NC(=O)CC2c1ccc(F)cc1Cl. The number of anilines is 1. The number of hydrogen-bond donors (Lipinski definition) is 1. The molecule has 6 heteroatoms. The number of carbonyl (C=O) groups is 1. The van der Waals surface area contributed by atoms with E-state index in [-0.39, 0.29) is 18.2 Å². The number of ether oxygens (including phenoxy) is 2. The number of nitrogens with one attached hydrogen (secondary N) is 1. The molecule has 1 N–H and O–H groups in total. The van der Waals surface area contributed by atoms with E-state index in [0.717, 1.165) is 11.1 Å². The Balaban J connectivity index is 1.93. The fourth-order valence-electron chi connectivity index (χ4n) is 2.84. The van der Waals surface area contributed by atoms with E-state index in [1.54, 1.807) is 19.2 Å². The molecule has 1 aliphatic rings. The quantitative estimate of drug-likeness (QED) is 0.831. The van der Waals surface area contributed by atoms with Crippen LogP contribution >= 0.6 is 11.6 Å². The van der Waals surface area contributed by atoms with Crippen LogP contribution in [-0.2, 0) is 9.53 Å². The van der Waals surface area contributed by atoms with E-state index in [2.05, 4.69) is 5.32 Å².